The van der Waals surface area contributed by atoms with Crippen LogP contribution in [-0.2, 0) is 9.53 Å². The van der Waals surface area contributed by atoms with E-state index in [4.69, 9.17) is 11.2 Å². The van der Waals surface area contributed by atoms with E-state index < -0.39 is 6.10 Å². The van der Waals surface area contributed by atoms with Crippen LogP contribution in [0.2, 0.25) is 0 Å². The summed E-state index contributed by atoms with van der Waals surface area (Å²) in [4.78, 5) is 11.7. The molecule has 1 N–H and O–H groups in total. The van der Waals surface area contributed by atoms with Gasteiger partial charge in [-0.1, -0.05) is 18.1 Å². The number of hydrogen-bond donors (Lipinski definition) is 1. The Balaban J connectivity index is 2.13. The summed E-state index contributed by atoms with van der Waals surface area (Å²) in [7, 11) is 0. The van der Waals surface area contributed by atoms with Gasteiger partial charge in [-0.25, -0.2) is 0 Å². The van der Waals surface area contributed by atoms with Gasteiger partial charge >= 0.3 is 5.97 Å². The summed E-state index contributed by atoms with van der Waals surface area (Å²) in [6.07, 6.45) is 6.89. The van der Waals surface area contributed by atoms with Crippen molar-refractivity contribution in [1.82, 2.24) is 0 Å². The molecule has 1 aromatic carbocycles. The molecule has 0 saturated heterocycles. The average molecular weight is 272 g/mol. The minimum Gasteiger partial charge on any atom is -0.466 e. The Hall–Kier alpha value is -1.79. The molecule has 1 aromatic rings. The highest BCUT2D eigenvalue weighted by atomic mass is 16.5. The zero-order valence-electron chi connectivity index (χ0n) is 11.7. The molecule has 0 aromatic heterocycles. The smallest absolute Gasteiger partial charge is 0.306 e. The lowest BCUT2D eigenvalue weighted by Gasteiger charge is -2.22. The van der Waals surface area contributed by atoms with Gasteiger partial charge < -0.3 is 9.84 Å². The molecule has 2 rings (SSSR count). The predicted molar refractivity (Wildman–Crippen MR) is 77.1 cm³/mol. The Bertz CT molecular complexity index is 498. The van der Waals surface area contributed by atoms with Crippen LogP contribution >= 0.6 is 0 Å². The minimum atomic E-state index is -0.397. The van der Waals surface area contributed by atoms with E-state index in [1.165, 1.54) is 0 Å². The maximum absolute atomic E-state index is 11.7. The first-order valence-electron chi connectivity index (χ1n) is 7.06. The molecule has 20 heavy (non-hydrogen) atoms. The highest BCUT2D eigenvalue weighted by Gasteiger charge is 2.37. The molecule has 3 nitrogen and oxygen atoms in total. The second kappa shape index (κ2) is 6.58. The van der Waals surface area contributed by atoms with Crippen LogP contribution in [0.5, 0.6) is 0 Å². The molecule has 0 spiro atoms. The molecule has 3 heteroatoms. The molecule has 1 aliphatic rings. The lowest BCUT2D eigenvalue weighted by atomic mass is 9.85. The quantitative estimate of drug-likeness (QED) is 0.676. The maximum atomic E-state index is 11.7. The first kappa shape index (κ1) is 14.6. The van der Waals surface area contributed by atoms with E-state index in [9.17, 15) is 9.90 Å². The third-order valence-corrected chi connectivity index (χ3v) is 3.95. The van der Waals surface area contributed by atoms with Crippen molar-refractivity contribution in [2.45, 2.75) is 38.2 Å². The Morgan fingerprint density at radius 1 is 1.40 bits per heavy atom. The maximum Gasteiger partial charge on any atom is 0.306 e. The van der Waals surface area contributed by atoms with Gasteiger partial charge in [0.15, 0.2) is 0 Å². The van der Waals surface area contributed by atoms with Crippen molar-refractivity contribution in [1.29, 1.82) is 0 Å². The number of hydrogen-bond acceptors (Lipinski definition) is 3. The first-order chi connectivity index (χ1) is 9.65. The number of benzene rings is 1. The number of ether oxygens (including phenoxy) is 1. The molecule has 0 aliphatic heterocycles. The molecule has 3 atom stereocenters. The van der Waals surface area contributed by atoms with E-state index in [2.05, 4.69) is 5.92 Å². The van der Waals surface area contributed by atoms with Crippen molar-refractivity contribution in [3.63, 3.8) is 0 Å². The molecule has 3 unspecified atom stereocenters. The summed E-state index contributed by atoms with van der Waals surface area (Å²) in [5, 5.41) is 10.2. The third-order valence-electron chi connectivity index (χ3n) is 3.95. The van der Waals surface area contributed by atoms with Crippen LogP contribution in [0.25, 0.3) is 0 Å². The van der Waals surface area contributed by atoms with Crippen LogP contribution < -0.4 is 0 Å². The molecule has 0 radical (unpaired) electrons. The number of carbonyl (C=O) groups is 1. The molecular weight excluding hydrogens is 252 g/mol. The summed E-state index contributed by atoms with van der Waals surface area (Å²) < 4.78 is 5.01. The fraction of sp³-hybridized carbons (Fsp3) is 0.471. The zero-order chi connectivity index (χ0) is 14.5. The van der Waals surface area contributed by atoms with Crippen LogP contribution in [0.3, 0.4) is 0 Å². The Morgan fingerprint density at radius 3 is 2.70 bits per heavy atom. The standard InChI is InChI=1S/C17H20O3/c1-3-12-5-7-13(8-6-12)17-14(9-10-15(17)18)11-16(19)20-4-2/h1,5-8,14-15,17-18H,4,9-11H2,2H3. The Labute approximate surface area is 120 Å². The van der Waals surface area contributed by atoms with Gasteiger partial charge in [-0.15, -0.1) is 6.42 Å². The second-order valence-electron chi connectivity index (χ2n) is 5.21. The summed E-state index contributed by atoms with van der Waals surface area (Å²) in [6.45, 7) is 2.20. The van der Waals surface area contributed by atoms with E-state index in [-0.39, 0.29) is 17.8 Å². The molecule has 1 aliphatic carbocycles. The normalized spacial score (nSPS) is 25.1. The molecular formula is C17H20O3. The largest absolute Gasteiger partial charge is 0.466 e. The monoisotopic (exact) mass is 272 g/mol. The summed E-state index contributed by atoms with van der Waals surface area (Å²) in [5.74, 6) is 2.53. The molecule has 0 amide bonds. The number of aliphatic hydroxyl groups excluding tert-OH is 1. The molecule has 1 saturated carbocycles. The minimum absolute atomic E-state index is 0.00812. The number of carbonyl (C=O) groups excluding carboxylic acids is 1. The fourth-order valence-electron chi connectivity index (χ4n) is 3.02. The van der Waals surface area contributed by atoms with Crippen molar-refractivity contribution in [2.75, 3.05) is 6.61 Å². The van der Waals surface area contributed by atoms with E-state index in [1.54, 1.807) is 6.92 Å². The van der Waals surface area contributed by atoms with Gasteiger partial charge in [-0.05, 0) is 43.4 Å². The number of terminal acetylenes is 1. The Morgan fingerprint density at radius 2 is 2.10 bits per heavy atom. The molecule has 0 heterocycles. The van der Waals surface area contributed by atoms with Crippen molar-refractivity contribution in [3.05, 3.63) is 35.4 Å². The summed E-state index contributed by atoms with van der Waals surface area (Å²) in [6, 6.07) is 7.66. The predicted octanol–water partition coefficient (Wildman–Crippen LogP) is 2.48. The van der Waals surface area contributed by atoms with Crippen molar-refractivity contribution in [3.8, 4) is 12.3 Å². The molecule has 1 fully saturated rings. The molecule has 0 bridgehead atoms. The lowest BCUT2D eigenvalue weighted by Crippen LogP contribution is -2.20. The summed E-state index contributed by atoms with van der Waals surface area (Å²) in [5.41, 5.74) is 1.87. The van der Waals surface area contributed by atoms with Gasteiger partial charge in [0, 0.05) is 17.9 Å². The van der Waals surface area contributed by atoms with Gasteiger partial charge in [0.25, 0.3) is 0 Å². The highest BCUT2D eigenvalue weighted by molar-refractivity contribution is 5.70. The fourth-order valence-corrected chi connectivity index (χ4v) is 3.02. The first-order valence-corrected chi connectivity index (χ1v) is 7.06. The SMILES string of the molecule is C#Cc1ccc(C2C(O)CCC2CC(=O)OCC)cc1. The zero-order valence-corrected chi connectivity index (χ0v) is 11.7. The number of aliphatic hydroxyl groups is 1. The van der Waals surface area contributed by atoms with Crippen LogP contribution in [-0.4, -0.2) is 23.8 Å². The highest BCUT2D eigenvalue weighted by Crippen LogP contribution is 2.41. The van der Waals surface area contributed by atoms with Crippen LogP contribution in [0.1, 0.15) is 43.2 Å². The van der Waals surface area contributed by atoms with Crippen molar-refractivity contribution < 1.29 is 14.6 Å². The van der Waals surface area contributed by atoms with Crippen molar-refractivity contribution >= 4 is 5.97 Å². The van der Waals surface area contributed by atoms with Gasteiger partial charge in [0.05, 0.1) is 12.7 Å². The topological polar surface area (TPSA) is 46.5 Å². The van der Waals surface area contributed by atoms with E-state index in [1.807, 2.05) is 24.3 Å². The van der Waals surface area contributed by atoms with Gasteiger partial charge in [0.2, 0.25) is 0 Å². The van der Waals surface area contributed by atoms with Gasteiger partial charge in [-0.3, -0.25) is 4.79 Å². The van der Waals surface area contributed by atoms with E-state index in [0.29, 0.717) is 13.0 Å². The van der Waals surface area contributed by atoms with Crippen molar-refractivity contribution in [2.24, 2.45) is 5.92 Å². The van der Waals surface area contributed by atoms with Crippen LogP contribution in [0.4, 0.5) is 0 Å². The summed E-state index contributed by atoms with van der Waals surface area (Å²) >= 11 is 0. The van der Waals surface area contributed by atoms with E-state index in [0.717, 1.165) is 24.0 Å². The number of rotatable bonds is 4. The Kier molecular flexibility index (Phi) is 4.81. The van der Waals surface area contributed by atoms with Crippen LogP contribution in [0, 0.1) is 18.3 Å². The second-order valence-corrected chi connectivity index (χ2v) is 5.21. The van der Waals surface area contributed by atoms with Crippen LogP contribution in [0.15, 0.2) is 24.3 Å². The molecule has 106 valence electrons. The number of esters is 1. The average Bonchev–Trinajstić information content (AvgIpc) is 2.80. The van der Waals surface area contributed by atoms with E-state index >= 15 is 0 Å². The third kappa shape index (κ3) is 3.20. The lowest BCUT2D eigenvalue weighted by molar-refractivity contribution is -0.144. The van der Waals surface area contributed by atoms with Gasteiger partial charge in [-0.2, -0.15) is 0 Å². The van der Waals surface area contributed by atoms with Gasteiger partial charge in [0.1, 0.15) is 0 Å².